The highest BCUT2D eigenvalue weighted by atomic mass is 16.1. The van der Waals surface area contributed by atoms with E-state index in [1.165, 1.54) is 0 Å². The van der Waals surface area contributed by atoms with Gasteiger partial charge in [-0.2, -0.15) is 5.10 Å². The summed E-state index contributed by atoms with van der Waals surface area (Å²) < 4.78 is 2.17. The number of para-hydroxylation sites is 2. The van der Waals surface area contributed by atoms with Crippen LogP contribution < -0.4 is 5.32 Å². The van der Waals surface area contributed by atoms with Gasteiger partial charge < -0.3 is 9.88 Å². The molecule has 4 aromatic rings. The van der Waals surface area contributed by atoms with Gasteiger partial charge in [0, 0.05) is 12.7 Å². The number of imidazole rings is 1. The minimum absolute atomic E-state index is 0.224. The summed E-state index contributed by atoms with van der Waals surface area (Å²) in [6.45, 7) is 5.53. The van der Waals surface area contributed by atoms with Gasteiger partial charge in [0.05, 0.1) is 23.3 Å². The maximum Gasteiger partial charge on any atom is 0.269 e. The van der Waals surface area contributed by atoms with Gasteiger partial charge in [0.25, 0.3) is 5.91 Å². The van der Waals surface area contributed by atoms with Crippen LogP contribution in [0.4, 0.5) is 0 Å². The number of rotatable bonds is 6. The molecule has 0 atom stereocenters. The fourth-order valence-electron chi connectivity index (χ4n) is 3.17. The van der Waals surface area contributed by atoms with Crippen LogP contribution in [0.1, 0.15) is 30.2 Å². The summed E-state index contributed by atoms with van der Waals surface area (Å²) in [6, 6.07) is 15.3. The van der Waals surface area contributed by atoms with E-state index in [1.807, 2.05) is 36.4 Å². The normalized spacial score (nSPS) is 11.2. The first-order valence-electron chi connectivity index (χ1n) is 9.31. The molecule has 1 aromatic carbocycles. The number of aromatic amines is 1. The van der Waals surface area contributed by atoms with Gasteiger partial charge >= 0.3 is 0 Å². The van der Waals surface area contributed by atoms with Gasteiger partial charge in [-0.05, 0) is 36.2 Å². The number of fused-ring (bicyclic) bond motifs is 1. The molecular weight excluding hydrogens is 352 g/mol. The predicted molar refractivity (Wildman–Crippen MR) is 108 cm³/mol. The second-order valence-electron chi connectivity index (χ2n) is 7.09. The second-order valence-corrected chi connectivity index (χ2v) is 7.09. The molecule has 2 N–H and O–H groups in total. The smallest absolute Gasteiger partial charge is 0.269 e. The van der Waals surface area contributed by atoms with Crippen molar-refractivity contribution in [3.8, 4) is 11.4 Å². The van der Waals surface area contributed by atoms with Crippen LogP contribution in [0.25, 0.3) is 22.4 Å². The van der Waals surface area contributed by atoms with E-state index in [2.05, 4.69) is 45.0 Å². The number of nitrogens with one attached hydrogen (secondary N) is 2. The quantitative estimate of drug-likeness (QED) is 0.541. The van der Waals surface area contributed by atoms with Crippen molar-refractivity contribution >= 4 is 16.9 Å². The van der Waals surface area contributed by atoms with Crippen molar-refractivity contribution in [2.24, 2.45) is 5.92 Å². The predicted octanol–water partition coefficient (Wildman–Crippen LogP) is 3.41. The Morgan fingerprint density at radius 3 is 2.75 bits per heavy atom. The Morgan fingerprint density at radius 2 is 1.96 bits per heavy atom. The van der Waals surface area contributed by atoms with Crippen LogP contribution in [-0.2, 0) is 13.1 Å². The van der Waals surface area contributed by atoms with Crippen molar-refractivity contribution in [2.75, 3.05) is 0 Å². The molecule has 0 saturated carbocycles. The number of aromatic nitrogens is 5. The van der Waals surface area contributed by atoms with Crippen LogP contribution in [-0.4, -0.2) is 30.6 Å². The molecule has 0 fully saturated rings. The maximum absolute atomic E-state index is 12.6. The van der Waals surface area contributed by atoms with Gasteiger partial charge in [0.2, 0.25) is 0 Å². The lowest BCUT2D eigenvalue weighted by Crippen LogP contribution is -2.25. The van der Waals surface area contributed by atoms with Crippen LogP contribution in [0.15, 0.2) is 54.7 Å². The van der Waals surface area contributed by atoms with Crippen molar-refractivity contribution in [2.45, 2.75) is 26.9 Å². The number of hydrogen-bond acceptors (Lipinski definition) is 4. The van der Waals surface area contributed by atoms with Crippen LogP contribution in [0.2, 0.25) is 0 Å². The Bertz CT molecular complexity index is 1100. The molecule has 3 aromatic heterocycles. The fraction of sp³-hybridized carbons (Fsp3) is 0.238. The molecule has 0 bridgehead atoms. The number of H-pyrrole nitrogens is 1. The molecule has 0 unspecified atom stereocenters. The Hall–Kier alpha value is -3.48. The lowest BCUT2D eigenvalue weighted by Gasteiger charge is -2.12. The number of carbonyl (C=O) groups excluding carboxylic acids is 1. The molecule has 7 nitrogen and oxygen atoms in total. The summed E-state index contributed by atoms with van der Waals surface area (Å²) >= 11 is 0. The number of pyridine rings is 1. The molecule has 1 amide bonds. The van der Waals surface area contributed by atoms with Crippen molar-refractivity contribution < 1.29 is 4.79 Å². The van der Waals surface area contributed by atoms with Gasteiger partial charge in [-0.1, -0.05) is 32.0 Å². The molecule has 0 radical (unpaired) electrons. The van der Waals surface area contributed by atoms with E-state index in [4.69, 9.17) is 4.98 Å². The van der Waals surface area contributed by atoms with Crippen molar-refractivity contribution in [3.05, 3.63) is 66.2 Å². The monoisotopic (exact) mass is 374 g/mol. The van der Waals surface area contributed by atoms with Crippen molar-refractivity contribution in [1.29, 1.82) is 0 Å². The number of benzene rings is 1. The zero-order chi connectivity index (χ0) is 19.5. The minimum Gasteiger partial charge on any atom is -0.343 e. The molecule has 4 rings (SSSR count). The lowest BCUT2D eigenvalue weighted by atomic mass is 10.2. The van der Waals surface area contributed by atoms with Gasteiger partial charge in [-0.15, -0.1) is 0 Å². The summed E-state index contributed by atoms with van der Waals surface area (Å²) in [5.41, 5.74) is 3.77. The number of amides is 1. The van der Waals surface area contributed by atoms with Gasteiger partial charge in [0.1, 0.15) is 17.2 Å². The molecule has 28 heavy (non-hydrogen) atoms. The molecule has 0 spiro atoms. The summed E-state index contributed by atoms with van der Waals surface area (Å²) in [7, 11) is 0. The van der Waals surface area contributed by atoms with E-state index in [9.17, 15) is 4.79 Å². The topological polar surface area (TPSA) is 88.5 Å². The van der Waals surface area contributed by atoms with Crippen LogP contribution in [0, 0.1) is 5.92 Å². The number of carbonyl (C=O) groups is 1. The van der Waals surface area contributed by atoms with Gasteiger partial charge in [-0.3, -0.25) is 14.9 Å². The molecule has 7 heteroatoms. The standard InChI is InChI=1S/C21H22N6O/c1-14(2)13-27-19-9-4-3-8-16(19)24-20(27)12-23-21(28)18-11-17(25-26-18)15-7-5-6-10-22-15/h3-11,14H,12-13H2,1-2H3,(H,23,28)(H,25,26). The molecule has 0 aliphatic rings. The third-order valence-corrected chi connectivity index (χ3v) is 4.44. The lowest BCUT2D eigenvalue weighted by molar-refractivity contribution is 0.0944. The summed E-state index contributed by atoms with van der Waals surface area (Å²) in [5, 5.41) is 9.91. The maximum atomic E-state index is 12.6. The molecule has 0 aliphatic heterocycles. The van der Waals surface area contributed by atoms with Crippen LogP contribution in [0.5, 0.6) is 0 Å². The van der Waals surface area contributed by atoms with Gasteiger partial charge in [-0.25, -0.2) is 4.98 Å². The highest BCUT2D eigenvalue weighted by Gasteiger charge is 2.15. The zero-order valence-electron chi connectivity index (χ0n) is 15.9. The first-order valence-corrected chi connectivity index (χ1v) is 9.31. The molecule has 142 valence electrons. The van der Waals surface area contributed by atoms with Crippen LogP contribution >= 0.6 is 0 Å². The Balaban J connectivity index is 1.52. The van der Waals surface area contributed by atoms with Crippen molar-refractivity contribution in [3.63, 3.8) is 0 Å². The summed E-state index contributed by atoms with van der Waals surface area (Å²) in [5.74, 6) is 1.09. The van der Waals surface area contributed by atoms with E-state index < -0.39 is 0 Å². The highest BCUT2D eigenvalue weighted by Crippen LogP contribution is 2.18. The Labute approximate surface area is 162 Å². The Morgan fingerprint density at radius 1 is 1.14 bits per heavy atom. The average molecular weight is 374 g/mol. The largest absolute Gasteiger partial charge is 0.343 e. The van der Waals surface area contributed by atoms with E-state index >= 15 is 0 Å². The molecule has 0 aliphatic carbocycles. The summed E-state index contributed by atoms with van der Waals surface area (Å²) in [6.07, 6.45) is 1.70. The second kappa shape index (κ2) is 7.64. The first kappa shape index (κ1) is 17.9. The molecule has 0 saturated heterocycles. The van der Waals surface area contributed by atoms with E-state index in [-0.39, 0.29) is 5.91 Å². The SMILES string of the molecule is CC(C)Cn1c(CNC(=O)c2cc(-c3ccccn3)n[nH]2)nc2ccccc21. The van der Waals surface area contributed by atoms with E-state index in [0.717, 1.165) is 29.1 Å². The van der Waals surface area contributed by atoms with E-state index in [0.29, 0.717) is 23.9 Å². The third-order valence-electron chi connectivity index (χ3n) is 4.44. The van der Waals surface area contributed by atoms with Crippen LogP contribution in [0.3, 0.4) is 0 Å². The fourth-order valence-corrected chi connectivity index (χ4v) is 3.17. The highest BCUT2D eigenvalue weighted by molar-refractivity contribution is 5.93. The molecular formula is C21H22N6O. The minimum atomic E-state index is -0.224. The number of hydrogen-bond donors (Lipinski definition) is 2. The Kier molecular flexibility index (Phi) is 4.89. The number of nitrogens with zero attached hydrogens (tertiary/aromatic N) is 4. The third kappa shape index (κ3) is 3.64. The average Bonchev–Trinajstić information content (AvgIpc) is 3.32. The zero-order valence-corrected chi connectivity index (χ0v) is 15.9. The first-order chi connectivity index (χ1) is 13.6. The molecule has 3 heterocycles. The van der Waals surface area contributed by atoms with Gasteiger partial charge in [0.15, 0.2) is 0 Å². The van der Waals surface area contributed by atoms with Crippen molar-refractivity contribution in [1.82, 2.24) is 30.0 Å². The summed E-state index contributed by atoms with van der Waals surface area (Å²) in [4.78, 5) is 21.5. The van der Waals surface area contributed by atoms with E-state index in [1.54, 1.807) is 12.3 Å².